The first-order chi connectivity index (χ1) is 17.8. The third-order valence-corrected chi connectivity index (χ3v) is 8.58. The van der Waals surface area contributed by atoms with Gasteiger partial charge >= 0.3 is 5.97 Å². The Bertz CT molecular complexity index is 1300. The standard InChI is InChI=1S/C27H35N5O4S/c1-19(2)32(23-7-5-4-6-8-23)37(34,35)31-25(27(33)36-3)17-20-9-11-22(12-10-20)30-26-24-14-15-28-18-21(24)13-16-29-26/h9-16,18-19,23,25,31H,4-8,17H2,1-3H3,(H,29,30)/t25-/m0/s1. The van der Waals surface area contributed by atoms with Gasteiger partial charge in [0.25, 0.3) is 10.2 Å². The van der Waals surface area contributed by atoms with Crippen LogP contribution in [0, 0.1) is 0 Å². The summed E-state index contributed by atoms with van der Waals surface area (Å²) in [5.41, 5.74) is 1.62. The average molecular weight is 526 g/mol. The molecule has 0 aliphatic heterocycles. The number of rotatable bonds is 10. The van der Waals surface area contributed by atoms with Gasteiger partial charge < -0.3 is 10.1 Å². The predicted molar refractivity (Wildman–Crippen MR) is 145 cm³/mol. The Labute approximate surface area is 218 Å². The molecule has 10 heteroatoms. The topological polar surface area (TPSA) is 114 Å². The molecule has 37 heavy (non-hydrogen) atoms. The average Bonchev–Trinajstić information content (AvgIpc) is 2.89. The molecular formula is C27H35N5O4S. The van der Waals surface area contributed by atoms with Gasteiger partial charge in [-0.05, 0) is 62.9 Å². The molecule has 1 saturated carbocycles. The van der Waals surface area contributed by atoms with E-state index in [-0.39, 0.29) is 18.5 Å². The summed E-state index contributed by atoms with van der Waals surface area (Å²) >= 11 is 0. The molecule has 4 rings (SSSR count). The Morgan fingerprint density at radius 1 is 1.08 bits per heavy atom. The molecule has 1 fully saturated rings. The maximum atomic E-state index is 13.4. The van der Waals surface area contributed by atoms with Crippen LogP contribution in [0.1, 0.15) is 51.5 Å². The molecule has 1 aromatic carbocycles. The number of fused-ring (bicyclic) bond motifs is 1. The molecule has 0 spiro atoms. The van der Waals surface area contributed by atoms with E-state index in [2.05, 4.69) is 20.0 Å². The summed E-state index contributed by atoms with van der Waals surface area (Å²) in [6.45, 7) is 3.74. The van der Waals surface area contributed by atoms with E-state index in [0.29, 0.717) is 5.82 Å². The fourth-order valence-electron chi connectivity index (χ4n) is 5.00. The molecule has 9 nitrogen and oxygen atoms in total. The minimum absolute atomic E-state index is 0.0617. The molecule has 1 aliphatic carbocycles. The quantitative estimate of drug-likeness (QED) is 0.379. The minimum Gasteiger partial charge on any atom is -0.468 e. The van der Waals surface area contributed by atoms with Crippen LogP contribution < -0.4 is 10.0 Å². The zero-order valence-electron chi connectivity index (χ0n) is 21.6. The molecule has 0 saturated heterocycles. The second-order valence-electron chi connectivity index (χ2n) is 9.70. The highest BCUT2D eigenvalue weighted by Crippen LogP contribution is 2.27. The van der Waals surface area contributed by atoms with E-state index in [0.717, 1.165) is 54.1 Å². The Hall–Kier alpha value is -3.08. The van der Waals surface area contributed by atoms with E-state index >= 15 is 0 Å². The van der Waals surface area contributed by atoms with Crippen molar-refractivity contribution in [2.45, 2.75) is 70.5 Å². The van der Waals surface area contributed by atoms with Gasteiger partial charge in [0.05, 0.1) is 7.11 Å². The van der Waals surface area contributed by atoms with Gasteiger partial charge in [0.2, 0.25) is 0 Å². The van der Waals surface area contributed by atoms with Crippen LogP contribution in [-0.4, -0.2) is 53.9 Å². The van der Waals surface area contributed by atoms with E-state index in [1.165, 1.54) is 11.4 Å². The molecule has 0 amide bonds. The zero-order chi connectivity index (χ0) is 26.4. The molecule has 0 unspecified atom stereocenters. The number of anilines is 2. The number of nitrogens with one attached hydrogen (secondary N) is 2. The van der Waals surface area contributed by atoms with Crippen LogP contribution in [0.2, 0.25) is 0 Å². The number of ether oxygens (including phenoxy) is 1. The smallest absolute Gasteiger partial charge is 0.324 e. The molecule has 1 atom stereocenters. The molecular weight excluding hydrogens is 490 g/mol. The Morgan fingerprint density at radius 3 is 2.49 bits per heavy atom. The van der Waals surface area contributed by atoms with Crippen LogP contribution in [0.4, 0.5) is 11.5 Å². The van der Waals surface area contributed by atoms with Gasteiger partial charge in [0.1, 0.15) is 11.9 Å². The fourth-order valence-corrected chi connectivity index (χ4v) is 6.82. The maximum absolute atomic E-state index is 13.4. The number of methoxy groups -OCH3 is 1. The van der Waals surface area contributed by atoms with Crippen LogP contribution >= 0.6 is 0 Å². The number of benzene rings is 1. The highest BCUT2D eigenvalue weighted by atomic mass is 32.2. The number of carbonyl (C=O) groups is 1. The number of pyridine rings is 2. The van der Waals surface area contributed by atoms with Gasteiger partial charge in [0.15, 0.2) is 0 Å². The number of esters is 1. The number of carbonyl (C=O) groups excluding carboxylic acids is 1. The van der Waals surface area contributed by atoms with Gasteiger partial charge in [-0.15, -0.1) is 0 Å². The molecule has 0 bridgehead atoms. The summed E-state index contributed by atoms with van der Waals surface area (Å²) in [5.74, 6) is 0.0935. The van der Waals surface area contributed by atoms with Crippen molar-refractivity contribution in [3.05, 3.63) is 60.6 Å². The zero-order valence-corrected chi connectivity index (χ0v) is 22.4. The first-order valence-electron chi connectivity index (χ1n) is 12.7. The third kappa shape index (κ3) is 6.63. The molecule has 2 N–H and O–H groups in total. The van der Waals surface area contributed by atoms with Crippen molar-refractivity contribution in [3.8, 4) is 0 Å². The van der Waals surface area contributed by atoms with Crippen molar-refractivity contribution in [3.63, 3.8) is 0 Å². The monoisotopic (exact) mass is 525 g/mol. The molecule has 1 aliphatic rings. The van der Waals surface area contributed by atoms with Crippen molar-refractivity contribution in [2.24, 2.45) is 0 Å². The van der Waals surface area contributed by atoms with Gasteiger partial charge in [0, 0.05) is 47.1 Å². The van der Waals surface area contributed by atoms with Gasteiger partial charge in [-0.3, -0.25) is 9.78 Å². The Balaban J connectivity index is 1.49. The van der Waals surface area contributed by atoms with Crippen LogP contribution in [0.15, 0.2) is 55.0 Å². The molecule has 198 valence electrons. The highest BCUT2D eigenvalue weighted by Gasteiger charge is 2.36. The Morgan fingerprint density at radius 2 is 1.81 bits per heavy atom. The normalized spacial score (nSPS) is 15.7. The summed E-state index contributed by atoms with van der Waals surface area (Å²) < 4.78 is 36.0. The summed E-state index contributed by atoms with van der Waals surface area (Å²) in [7, 11) is -2.64. The second-order valence-corrected chi connectivity index (χ2v) is 11.3. The summed E-state index contributed by atoms with van der Waals surface area (Å²) in [4.78, 5) is 21.2. The summed E-state index contributed by atoms with van der Waals surface area (Å²) in [6.07, 6.45) is 10.2. The van der Waals surface area contributed by atoms with Crippen molar-refractivity contribution in [2.75, 3.05) is 12.4 Å². The lowest BCUT2D eigenvalue weighted by molar-refractivity contribution is -0.142. The summed E-state index contributed by atoms with van der Waals surface area (Å²) in [6, 6.07) is 9.97. The van der Waals surface area contributed by atoms with E-state index < -0.39 is 22.2 Å². The lowest BCUT2D eigenvalue weighted by Gasteiger charge is -2.36. The molecule has 0 radical (unpaired) electrons. The Kier molecular flexibility index (Phi) is 8.73. The van der Waals surface area contributed by atoms with E-state index in [1.807, 2.05) is 50.2 Å². The van der Waals surface area contributed by atoms with E-state index in [9.17, 15) is 13.2 Å². The van der Waals surface area contributed by atoms with Crippen molar-refractivity contribution in [1.82, 2.24) is 19.0 Å². The van der Waals surface area contributed by atoms with Crippen molar-refractivity contribution in [1.29, 1.82) is 0 Å². The largest absolute Gasteiger partial charge is 0.468 e. The van der Waals surface area contributed by atoms with Gasteiger partial charge in [-0.2, -0.15) is 17.4 Å². The fraction of sp³-hybridized carbons (Fsp3) is 0.444. The van der Waals surface area contributed by atoms with E-state index in [4.69, 9.17) is 4.74 Å². The third-order valence-electron chi connectivity index (χ3n) is 6.72. The lowest BCUT2D eigenvalue weighted by Crippen LogP contribution is -2.55. The summed E-state index contributed by atoms with van der Waals surface area (Å²) in [5, 5.41) is 5.25. The van der Waals surface area contributed by atoms with Crippen LogP contribution in [0.25, 0.3) is 10.8 Å². The van der Waals surface area contributed by atoms with E-state index in [1.54, 1.807) is 18.6 Å². The van der Waals surface area contributed by atoms with Crippen LogP contribution in [0.5, 0.6) is 0 Å². The molecule has 3 aromatic rings. The molecule has 2 aromatic heterocycles. The maximum Gasteiger partial charge on any atom is 0.324 e. The SMILES string of the molecule is COC(=O)[C@H](Cc1ccc(Nc2nccc3cnccc23)cc1)NS(=O)(=O)N(C(C)C)C1CCCCC1. The minimum atomic E-state index is -3.91. The first kappa shape index (κ1) is 27.0. The van der Waals surface area contributed by atoms with Crippen molar-refractivity contribution >= 4 is 38.5 Å². The highest BCUT2D eigenvalue weighted by molar-refractivity contribution is 7.87. The first-order valence-corrected chi connectivity index (χ1v) is 14.2. The molecule has 2 heterocycles. The lowest BCUT2D eigenvalue weighted by atomic mass is 9.95. The number of nitrogens with zero attached hydrogens (tertiary/aromatic N) is 3. The number of hydrogen-bond donors (Lipinski definition) is 2. The van der Waals surface area contributed by atoms with Crippen LogP contribution in [-0.2, 0) is 26.2 Å². The van der Waals surface area contributed by atoms with Crippen LogP contribution in [0.3, 0.4) is 0 Å². The predicted octanol–water partition coefficient (Wildman–Crippen LogP) is 4.34. The number of hydrogen-bond acceptors (Lipinski definition) is 7. The van der Waals surface area contributed by atoms with Crippen molar-refractivity contribution < 1.29 is 17.9 Å². The number of aromatic nitrogens is 2. The van der Waals surface area contributed by atoms with Gasteiger partial charge in [-0.25, -0.2) is 4.98 Å². The second kappa shape index (κ2) is 12.0. The van der Waals surface area contributed by atoms with Gasteiger partial charge in [-0.1, -0.05) is 31.4 Å².